The van der Waals surface area contributed by atoms with Crippen LogP contribution in [0.5, 0.6) is 0 Å². The second-order valence-corrected chi connectivity index (χ2v) is 8.42. The van der Waals surface area contributed by atoms with Gasteiger partial charge in [-0.2, -0.15) is 17.5 Å². The molecule has 10 heteroatoms. The molecule has 1 atom stereocenters. The molecule has 1 saturated heterocycles. The molecule has 0 radical (unpaired) electrons. The Bertz CT molecular complexity index is 1020. The van der Waals surface area contributed by atoms with E-state index in [-0.39, 0.29) is 34.7 Å². The van der Waals surface area contributed by atoms with Gasteiger partial charge < -0.3 is 0 Å². The number of hydrogen-bond acceptors (Lipinski definition) is 4. The van der Waals surface area contributed by atoms with Gasteiger partial charge in [0.25, 0.3) is 5.69 Å². The summed E-state index contributed by atoms with van der Waals surface area (Å²) in [5.74, 6) is 0. The van der Waals surface area contributed by atoms with Crippen molar-refractivity contribution in [3.05, 3.63) is 69.3 Å². The second-order valence-electron chi connectivity index (χ2n) is 6.57. The Kier molecular flexibility index (Phi) is 5.20. The van der Waals surface area contributed by atoms with Crippen molar-refractivity contribution in [2.45, 2.75) is 36.9 Å². The molecule has 1 heterocycles. The van der Waals surface area contributed by atoms with Crippen LogP contribution in [-0.2, 0) is 16.2 Å². The lowest BCUT2D eigenvalue weighted by atomic mass is 9.99. The molecular formula is C18H17F3N2O4S. The van der Waals surface area contributed by atoms with Crippen LogP contribution in [0.1, 0.15) is 35.6 Å². The highest BCUT2D eigenvalue weighted by atomic mass is 32.2. The summed E-state index contributed by atoms with van der Waals surface area (Å²) < 4.78 is 67.6. The summed E-state index contributed by atoms with van der Waals surface area (Å²) in [6, 6.07) is 7.35. The van der Waals surface area contributed by atoms with E-state index >= 15 is 0 Å². The van der Waals surface area contributed by atoms with Gasteiger partial charge in [-0.25, -0.2) is 8.42 Å². The zero-order chi connectivity index (χ0) is 20.7. The smallest absolute Gasteiger partial charge is 0.258 e. The standard InChI is InChI=1S/C18H17F3N2O4S/c1-12-11-13(23(24)25)8-9-17(12)28(26,27)22-10-4-7-16(22)14-5-2-3-6-15(14)18(19,20)21/h2-3,5-6,8-9,11,16H,4,7,10H2,1H3. The van der Waals surface area contributed by atoms with Gasteiger partial charge in [-0.1, -0.05) is 18.2 Å². The minimum Gasteiger partial charge on any atom is -0.258 e. The molecule has 2 aromatic rings. The van der Waals surface area contributed by atoms with Crippen LogP contribution in [0.4, 0.5) is 18.9 Å². The number of hydrogen-bond donors (Lipinski definition) is 0. The van der Waals surface area contributed by atoms with Gasteiger partial charge in [-0.15, -0.1) is 0 Å². The molecule has 0 amide bonds. The number of nitro benzene ring substituents is 1. The highest BCUT2D eigenvalue weighted by Gasteiger charge is 2.42. The molecule has 0 saturated carbocycles. The molecule has 1 aliphatic rings. The van der Waals surface area contributed by atoms with E-state index in [1.165, 1.54) is 25.1 Å². The Morgan fingerprint density at radius 1 is 1.18 bits per heavy atom. The van der Waals surface area contributed by atoms with Gasteiger partial charge >= 0.3 is 6.18 Å². The predicted molar refractivity (Wildman–Crippen MR) is 95.1 cm³/mol. The number of sulfonamides is 1. The third-order valence-electron chi connectivity index (χ3n) is 4.78. The molecule has 0 spiro atoms. The maximum atomic E-state index is 13.4. The van der Waals surface area contributed by atoms with E-state index in [4.69, 9.17) is 0 Å². The molecule has 3 rings (SSSR count). The molecule has 1 aliphatic heterocycles. The fourth-order valence-electron chi connectivity index (χ4n) is 3.55. The quantitative estimate of drug-likeness (QED) is 0.547. The molecule has 150 valence electrons. The third kappa shape index (κ3) is 3.61. The summed E-state index contributed by atoms with van der Waals surface area (Å²) in [6.07, 6.45) is -3.92. The van der Waals surface area contributed by atoms with Gasteiger partial charge in [0.05, 0.1) is 21.4 Å². The molecule has 1 fully saturated rings. The van der Waals surface area contributed by atoms with Crippen LogP contribution in [0.2, 0.25) is 0 Å². The summed E-state index contributed by atoms with van der Waals surface area (Å²) in [6.45, 7) is 1.50. The van der Waals surface area contributed by atoms with E-state index in [1.807, 2.05) is 0 Å². The normalized spacial score (nSPS) is 18.4. The van der Waals surface area contributed by atoms with Crippen LogP contribution in [0.25, 0.3) is 0 Å². The van der Waals surface area contributed by atoms with Crippen molar-refractivity contribution in [1.29, 1.82) is 0 Å². The maximum Gasteiger partial charge on any atom is 0.416 e. The van der Waals surface area contributed by atoms with E-state index in [0.29, 0.717) is 6.42 Å². The largest absolute Gasteiger partial charge is 0.416 e. The van der Waals surface area contributed by atoms with Crippen molar-refractivity contribution >= 4 is 15.7 Å². The SMILES string of the molecule is Cc1cc([N+](=O)[O-])ccc1S(=O)(=O)N1CCCC1c1ccccc1C(F)(F)F. The minimum absolute atomic E-state index is 0.0790. The summed E-state index contributed by atoms with van der Waals surface area (Å²) in [4.78, 5) is 10.1. The van der Waals surface area contributed by atoms with Crippen LogP contribution in [-0.4, -0.2) is 24.2 Å². The average molecular weight is 414 g/mol. The van der Waals surface area contributed by atoms with Gasteiger partial charge in [0.1, 0.15) is 0 Å². The van der Waals surface area contributed by atoms with E-state index in [0.717, 1.165) is 28.6 Å². The fourth-order valence-corrected chi connectivity index (χ4v) is 5.43. The van der Waals surface area contributed by atoms with Crippen molar-refractivity contribution in [1.82, 2.24) is 4.31 Å². The molecule has 0 bridgehead atoms. The molecule has 1 unspecified atom stereocenters. The molecule has 0 N–H and O–H groups in total. The van der Waals surface area contributed by atoms with Crippen molar-refractivity contribution in [2.24, 2.45) is 0 Å². The van der Waals surface area contributed by atoms with Gasteiger partial charge in [-0.3, -0.25) is 10.1 Å². The first kappa shape index (κ1) is 20.3. The van der Waals surface area contributed by atoms with Crippen molar-refractivity contribution in [2.75, 3.05) is 6.54 Å². The first-order valence-electron chi connectivity index (χ1n) is 8.46. The first-order chi connectivity index (χ1) is 13.0. The number of halogens is 3. The van der Waals surface area contributed by atoms with Crippen LogP contribution < -0.4 is 0 Å². The van der Waals surface area contributed by atoms with Crippen LogP contribution >= 0.6 is 0 Å². The number of benzene rings is 2. The van der Waals surface area contributed by atoms with Crippen LogP contribution in [0.3, 0.4) is 0 Å². The van der Waals surface area contributed by atoms with Crippen LogP contribution in [0.15, 0.2) is 47.4 Å². The summed E-state index contributed by atoms with van der Waals surface area (Å²) in [7, 11) is -4.13. The Hall–Kier alpha value is -2.46. The number of nitrogens with zero attached hydrogens (tertiary/aromatic N) is 2. The molecule has 0 aliphatic carbocycles. The van der Waals surface area contributed by atoms with Gasteiger partial charge in [0, 0.05) is 18.7 Å². The topological polar surface area (TPSA) is 80.5 Å². The van der Waals surface area contributed by atoms with Crippen LogP contribution in [0, 0.1) is 17.0 Å². The Morgan fingerprint density at radius 2 is 1.86 bits per heavy atom. The molecule has 2 aromatic carbocycles. The molecular weight excluding hydrogens is 397 g/mol. The van der Waals surface area contributed by atoms with Crippen molar-refractivity contribution < 1.29 is 26.5 Å². The van der Waals surface area contributed by atoms with E-state index in [9.17, 15) is 31.7 Å². The van der Waals surface area contributed by atoms with E-state index < -0.39 is 32.7 Å². The lowest BCUT2D eigenvalue weighted by Gasteiger charge is -2.27. The van der Waals surface area contributed by atoms with Gasteiger partial charge in [0.2, 0.25) is 10.0 Å². The second kappa shape index (κ2) is 7.17. The summed E-state index contributed by atoms with van der Waals surface area (Å²) >= 11 is 0. The van der Waals surface area contributed by atoms with E-state index in [2.05, 4.69) is 0 Å². The Balaban J connectivity index is 2.05. The number of non-ortho nitro benzene ring substituents is 1. The number of nitro groups is 1. The predicted octanol–water partition coefficient (Wildman–Crippen LogP) is 4.45. The van der Waals surface area contributed by atoms with Crippen molar-refractivity contribution in [3.8, 4) is 0 Å². The highest BCUT2D eigenvalue weighted by Crippen LogP contribution is 2.42. The Labute approximate surface area is 159 Å². The van der Waals surface area contributed by atoms with Gasteiger partial charge in [0.15, 0.2) is 0 Å². The monoisotopic (exact) mass is 414 g/mol. The third-order valence-corrected chi connectivity index (χ3v) is 6.85. The first-order valence-corrected chi connectivity index (χ1v) is 9.90. The maximum absolute atomic E-state index is 13.4. The Morgan fingerprint density at radius 3 is 2.46 bits per heavy atom. The van der Waals surface area contributed by atoms with E-state index in [1.54, 1.807) is 0 Å². The molecule has 28 heavy (non-hydrogen) atoms. The van der Waals surface area contributed by atoms with Crippen molar-refractivity contribution in [3.63, 3.8) is 0 Å². The summed E-state index contributed by atoms with van der Waals surface area (Å²) in [5.41, 5.74) is -1.03. The fraction of sp³-hybridized carbons (Fsp3) is 0.333. The lowest BCUT2D eigenvalue weighted by Crippen LogP contribution is -2.32. The number of aryl methyl sites for hydroxylation is 1. The summed E-state index contributed by atoms with van der Waals surface area (Å²) in [5, 5.41) is 10.9. The molecule has 0 aromatic heterocycles. The zero-order valence-corrected chi connectivity index (χ0v) is 15.6. The average Bonchev–Trinajstić information content (AvgIpc) is 3.11. The number of rotatable bonds is 4. The lowest BCUT2D eigenvalue weighted by molar-refractivity contribution is -0.385. The zero-order valence-electron chi connectivity index (χ0n) is 14.8. The molecule has 6 nitrogen and oxygen atoms in total. The number of alkyl halides is 3. The van der Waals surface area contributed by atoms with Gasteiger partial charge in [-0.05, 0) is 43.0 Å². The highest BCUT2D eigenvalue weighted by molar-refractivity contribution is 7.89. The minimum atomic E-state index is -4.60.